The normalized spacial score (nSPS) is 15.6. The minimum atomic E-state index is 0.0952. The van der Waals surface area contributed by atoms with E-state index in [4.69, 9.17) is 0 Å². The lowest BCUT2D eigenvalue weighted by atomic mass is 10.1. The van der Waals surface area contributed by atoms with E-state index in [1.807, 2.05) is 12.1 Å². The highest BCUT2D eigenvalue weighted by Gasteiger charge is 2.15. The molecule has 1 saturated carbocycles. The molecule has 104 valence electrons. The summed E-state index contributed by atoms with van der Waals surface area (Å²) < 4.78 is 0. The molecule has 1 amide bonds. The number of nitrogens with one attached hydrogen (secondary N) is 2. The molecule has 1 fully saturated rings. The van der Waals surface area contributed by atoms with Crippen molar-refractivity contribution >= 4 is 5.91 Å². The zero-order valence-electron chi connectivity index (χ0n) is 11.7. The minimum absolute atomic E-state index is 0.0952. The molecular formula is C16H24N2O. The Hall–Kier alpha value is -1.35. The van der Waals surface area contributed by atoms with Gasteiger partial charge in [0, 0.05) is 12.6 Å². The second kappa shape index (κ2) is 7.29. The summed E-state index contributed by atoms with van der Waals surface area (Å²) >= 11 is 0. The minimum Gasteiger partial charge on any atom is -0.351 e. The molecule has 1 aliphatic rings. The zero-order valence-corrected chi connectivity index (χ0v) is 11.7. The van der Waals surface area contributed by atoms with Crippen LogP contribution in [0.2, 0.25) is 0 Å². The van der Waals surface area contributed by atoms with Gasteiger partial charge in [-0.25, -0.2) is 0 Å². The van der Waals surface area contributed by atoms with Crippen molar-refractivity contribution < 1.29 is 4.79 Å². The van der Waals surface area contributed by atoms with Crippen LogP contribution < -0.4 is 10.6 Å². The Morgan fingerprint density at radius 2 is 1.89 bits per heavy atom. The van der Waals surface area contributed by atoms with E-state index in [1.54, 1.807) is 0 Å². The molecule has 1 aromatic carbocycles. The van der Waals surface area contributed by atoms with Gasteiger partial charge < -0.3 is 10.6 Å². The lowest BCUT2D eigenvalue weighted by Crippen LogP contribution is -2.37. The van der Waals surface area contributed by atoms with Gasteiger partial charge in [-0.3, -0.25) is 4.79 Å². The van der Waals surface area contributed by atoms with Crippen LogP contribution in [-0.4, -0.2) is 18.5 Å². The van der Waals surface area contributed by atoms with Gasteiger partial charge in [-0.1, -0.05) is 44.0 Å². The van der Waals surface area contributed by atoms with Gasteiger partial charge in [0.25, 0.3) is 0 Å². The number of hydrogen-bond acceptors (Lipinski definition) is 2. The topological polar surface area (TPSA) is 41.1 Å². The smallest absolute Gasteiger partial charge is 0.234 e. The third-order valence-electron chi connectivity index (χ3n) is 3.88. The van der Waals surface area contributed by atoms with Gasteiger partial charge >= 0.3 is 0 Å². The average Bonchev–Trinajstić information content (AvgIpc) is 2.96. The number of amides is 1. The summed E-state index contributed by atoms with van der Waals surface area (Å²) in [6, 6.07) is 8.83. The number of hydrogen-bond donors (Lipinski definition) is 2. The van der Waals surface area contributed by atoms with Gasteiger partial charge in [0.2, 0.25) is 5.91 Å². The van der Waals surface area contributed by atoms with Gasteiger partial charge in [-0.15, -0.1) is 0 Å². The van der Waals surface area contributed by atoms with Crippen molar-refractivity contribution in [1.82, 2.24) is 10.6 Å². The number of aryl methyl sites for hydroxylation is 1. The van der Waals surface area contributed by atoms with Crippen LogP contribution >= 0.6 is 0 Å². The maximum absolute atomic E-state index is 11.8. The number of carbonyl (C=O) groups excluding carboxylic acids is 1. The first-order valence-electron chi connectivity index (χ1n) is 7.36. The van der Waals surface area contributed by atoms with Crippen molar-refractivity contribution in [3.05, 3.63) is 35.4 Å². The molecule has 2 N–H and O–H groups in total. The van der Waals surface area contributed by atoms with Crippen LogP contribution in [0.15, 0.2) is 24.3 Å². The molecule has 3 heteroatoms. The van der Waals surface area contributed by atoms with E-state index in [9.17, 15) is 4.79 Å². The zero-order chi connectivity index (χ0) is 13.5. The van der Waals surface area contributed by atoms with Crippen LogP contribution in [-0.2, 0) is 17.8 Å². The van der Waals surface area contributed by atoms with Crippen molar-refractivity contribution in [2.24, 2.45) is 0 Å². The van der Waals surface area contributed by atoms with Crippen LogP contribution in [0.5, 0.6) is 0 Å². The molecule has 0 bridgehead atoms. The fraction of sp³-hybridized carbons (Fsp3) is 0.562. The lowest BCUT2D eigenvalue weighted by Gasteiger charge is -2.13. The summed E-state index contributed by atoms with van der Waals surface area (Å²) in [6.45, 7) is 3.22. The van der Waals surface area contributed by atoms with Gasteiger partial charge in [0.05, 0.1) is 6.54 Å². The predicted molar refractivity (Wildman–Crippen MR) is 77.9 cm³/mol. The Labute approximate surface area is 115 Å². The molecule has 0 unspecified atom stereocenters. The first-order valence-corrected chi connectivity index (χ1v) is 7.36. The van der Waals surface area contributed by atoms with Crippen molar-refractivity contribution in [2.45, 2.75) is 51.6 Å². The Bertz CT molecular complexity index is 411. The molecule has 0 spiro atoms. The largest absolute Gasteiger partial charge is 0.351 e. The highest BCUT2D eigenvalue weighted by Crippen LogP contribution is 2.17. The van der Waals surface area contributed by atoms with E-state index in [2.05, 4.69) is 29.7 Å². The average molecular weight is 260 g/mol. The number of carbonyl (C=O) groups is 1. The van der Waals surface area contributed by atoms with E-state index in [0.717, 1.165) is 6.42 Å². The molecule has 1 aromatic rings. The van der Waals surface area contributed by atoms with E-state index in [1.165, 1.54) is 36.8 Å². The summed E-state index contributed by atoms with van der Waals surface area (Å²) in [5.41, 5.74) is 2.53. The molecule has 0 heterocycles. The Balaban J connectivity index is 1.73. The second-order valence-corrected chi connectivity index (χ2v) is 5.26. The van der Waals surface area contributed by atoms with E-state index < -0.39 is 0 Å². The van der Waals surface area contributed by atoms with Crippen molar-refractivity contribution in [2.75, 3.05) is 6.54 Å². The Morgan fingerprint density at radius 1 is 1.21 bits per heavy atom. The molecule has 3 nitrogen and oxygen atoms in total. The number of rotatable bonds is 6. The van der Waals surface area contributed by atoms with Crippen molar-refractivity contribution in [3.8, 4) is 0 Å². The van der Waals surface area contributed by atoms with Crippen LogP contribution in [0.3, 0.4) is 0 Å². The molecule has 2 rings (SSSR count). The fourth-order valence-electron chi connectivity index (χ4n) is 2.70. The Kier molecular flexibility index (Phi) is 5.40. The van der Waals surface area contributed by atoms with Gasteiger partial charge in [0.15, 0.2) is 0 Å². The second-order valence-electron chi connectivity index (χ2n) is 5.26. The monoisotopic (exact) mass is 260 g/mol. The molecule has 0 saturated heterocycles. The van der Waals surface area contributed by atoms with E-state index in [-0.39, 0.29) is 5.91 Å². The van der Waals surface area contributed by atoms with Crippen molar-refractivity contribution in [3.63, 3.8) is 0 Å². The SMILES string of the molecule is CCc1ccccc1CNC(=O)CNC1CCCC1. The summed E-state index contributed by atoms with van der Waals surface area (Å²) in [6.07, 6.45) is 6.02. The highest BCUT2D eigenvalue weighted by molar-refractivity contribution is 5.78. The first-order chi connectivity index (χ1) is 9.29. The van der Waals surface area contributed by atoms with Crippen molar-refractivity contribution in [1.29, 1.82) is 0 Å². The summed E-state index contributed by atoms with van der Waals surface area (Å²) in [5.74, 6) is 0.0952. The first kappa shape index (κ1) is 14.1. The van der Waals surface area contributed by atoms with Crippen LogP contribution in [0.25, 0.3) is 0 Å². The molecule has 0 radical (unpaired) electrons. The highest BCUT2D eigenvalue weighted by atomic mass is 16.1. The van der Waals surface area contributed by atoms with Crippen LogP contribution in [0.1, 0.15) is 43.7 Å². The summed E-state index contributed by atoms with van der Waals surface area (Å²) in [7, 11) is 0. The maximum Gasteiger partial charge on any atom is 0.234 e. The molecule has 1 aliphatic carbocycles. The maximum atomic E-state index is 11.8. The van der Waals surface area contributed by atoms with Gasteiger partial charge in [-0.05, 0) is 30.4 Å². The molecule has 19 heavy (non-hydrogen) atoms. The van der Waals surface area contributed by atoms with Gasteiger partial charge in [0.1, 0.15) is 0 Å². The van der Waals surface area contributed by atoms with E-state index >= 15 is 0 Å². The van der Waals surface area contributed by atoms with Crippen LogP contribution in [0.4, 0.5) is 0 Å². The third kappa shape index (κ3) is 4.35. The van der Waals surface area contributed by atoms with Crippen LogP contribution in [0, 0.1) is 0 Å². The fourth-order valence-corrected chi connectivity index (χ4v) is 2.70. The summed E-state index contributed by atoms with van der Waals surface area (Å²) in [5, 5.41) is 6.33. The molecular weight excluding hydrogens is 236 g/mol. The molecule has 0 aliphatic heterocycles. The van der Waals surface area contributed by atoms with E-state index in [0.29, 0.717) is 19.1 Å². The third-order valence-corrected chi connectivity index (χ3v) is 3.88. The Morgan fingerprint density at radius 3 is 2.58 bits per heavy atom. The predicted octanol–water partition coefficient (Wildman–Crippen LogP) is 2.40. The summed E-state index contributed by atoms with van der Waals surface area (Å²) in [4.78, 5) is 11.8. The number of benzene rings is 1. The quantitative estimate of drug-likeness (QED) is 0.824. The standard InChI is InChI=1S/C16H24N2O/c1-2-13-7-3-4-8-14(13)11-18-16(19)12-17-15-9-5-6-10-15/h3-4,7-8,15,17H,2,5-6,9-12H2,1H3,(H,18,19). The van der Waals surface area contributed by atoms with Gasteiger partial charge in [-0.2, -0.15) is 0 Å². The lowest BCUT2D eigenvalue weighted by molar-refractivity contribution is -0.120. The molecule has 0 atom stereocenters. The molecule has 0 aromatic heterocycles.